The van der Waals surface area contributed by atoms with E-state index in [0.717, 1.165) is 41.3 Å². The molecule has 1 aliphatic rings. The van der Waals surface area contributed by atoms with E-state index in [1.807, 2.05) is 56.6 Å². The lowest BCUT2D eigenvalue weighted by Crippen LogP contribution is -2.41. The van der Waals surface area contributed by atoms with E-state index >= 15 is 0 Å². The minimum Gasteiger partial charge on any atom is -0.472 e. The Labute approximate surface area is 329 Å². The third-order valence-corrected chi connectivity index (χ3v) is 14.9. The molecule has 0 bridgehead atoms. The van der Waals surface area contributed by atoms with Gasteiger partial charge in [0.2, 0.25) is 5.88 Å². The molecule has 15 nitrogen and oxygen atoms in total. The van der Waals surface area contributed by atoms with Crippen molar-refractivity contribution in [1.82, 2.24) is 39.6 Å². The van der Waals surface area contributed by atoms with Crippen molar-refractivity contribution in [2.75, 3.05) is 26.9 Å². The number of carbonyl (C=O) groups is 2. The van der Waals surface area contributed by atoms with Gasteiger partial charge < -0.3 is 28.7 Å². The number of amides is 1. The van der Waals surface area contributed by atoms with Crippen molar-refractivity contribution in [2.45, 2.75) is 110 Å². The third kappa shape index (κ3) is 8.76. The average molecular weight is 789 g/mol. The summed E-state index contributed by atoms with van der Waals surface area (Å²) in [5.41, 5.74) is 4.03. The van der Waals surface area contributed by atoms with E-state index in [0.29, 0.717) is 53.6 Å². The minimum absolute atomic E-state index is 0.0518. The van der Waals surface area contributed by atoms with Crippen LogP contribution in [0.2, 0.25) is 18.1 Å². The number of benzene rings is 1. The smallest absolute Gasteiger partial charge is 0.407 e. The monoisotopic (exact) mass is 788 g/mol. The number of hydrogen-bond acceptors (Lipinski definition) is 11. The van der Waals surface area contributed by atoms with Crippen LogP contribution in [0.1, 0.15) is 84.4 Å². The number of hydrogen-bond donors (Lipinski definition) is 1. The number of aromatic nitrogens is 7. The van der Waals surface area contributed by atoms with Gasteiger partial charge in [-0.2, -0.15) is 15.3 Å². The maximum Gasteiger partial charge on any atom is 0.407 e. The summed E-state index contributed by atoms with van der Waals surface area (Å²) in [7, 11) is 1.17. The SMILES string of the molecule is COC(=O)c1c2cc(-c3nn(C4CCCCO4)c4ncc(-c5cnn(C)c5O[C@@H](C)CNC(=O)OC(C)(C)C)cc34)ccc2nn1CCO[Si](C)(C)C(C)(C)C. The van der Waals surface area contributed by atoms with Crippen molar-refractivity contribution in [3.8, 4) is 28.3 Å². The van der Waals surface area contributed by atoms with Gasteiger partial charge in [0, 0.05) is 41.8 Å². The summed E-state index contributed by atoms with van der Waals surface area (Å²) >= 11 is 0. The first-order valence-electron chi connectivity index (χ1n) is 19.3. The number of fused-ring (bicyclic) bond motifs is 2. The Morgan fingerprint density at radius 3 is 2.46 bits per heavy atom. The van der Waals surface area contributed by atoms with Gasteiger partial charge in [0.15, 0.2) is 25.9 Å². The molecule has 4 aromatic heterocycles. The van der Waals surface area contributed by atoms with E-state index in [-0.39, 0.29) is 17.8 Å². The van der Waals surface area contributed by atoms with E-state index in [1.165, 1.54) is 7.11 Å². The van der Waals surface area contributed by atoms with Crippen LogP contribution in [0, 0.1) is 0 Å². The first-order valence-corrected chi connectivity index (χ1v) is 22.2. The summed E-state index contributed by atoms with van der Waals surface area (Å²) in [4.78, 5) is 30.6. The highest BCUT2D eigenvalue weighted by Gasteiger charge is 2.37. The fraction of sp³-hybridized carbons (Fsp3) is 0.550. The van der Waals surface area contributed by atoms with Crippen molar-refractivity contribution in [3.05, 3.63) is 42.4 Å². The van der Waals surface area contributed by atoms with Crippen LogP contribution in [0.25, 0.3) is 44.3 Å². The van der Waals surface area contributed by atoms with E-state index < -0.39 is 32.1 Å². The van der Waals surface area contributed by atoms with Crippen LogP contribution in [0.5, 0.6) is 5.88 Å². The Kier molecular flexibility index (Phi) is 11.7. The molecule has 5 heterocycles. The van der Waals surface area contributed by atoms with Gasteiger partial charge >= 0.3 is 12.1 Å². The average Bonchev–Trinajstić information content (AvgIpc) is 3.81. The second kappa shape index (κ2) is 16.0. The number of carbonyl (C=O) groups excluding carboxylic acids is 2. The Hall–Kier alpha value is -4.80. The molecule has 0 radical (unpaired) electrons. The molecular formula is C40H56N8O7Si. The van der Waals surface area contributed by atoms with Crippen molar-refractivity contribution < 1.29 is 33.0 Å². The number of alkyl carbamates (subject to hydrolysis) is 1. The van der Waals surface area contributed by atoms with Crippen molar-refractivity contribution >= 4 is 42.3 Å². The van der Waals surface area contributed by atoms with Crippen molar-refractivity contribution in [2.24, 2.45) is 7.05 Å². The largest absolute Gasteiger partial charge is 0.472 e. The number of pyridine rings is 1. The lowest BCUT2D eigenvalue weighted by molar-refractivity contribution is -0.0368. The molecule has 0 aliphatic carbocycles. The number of methoxy groups -OCH3 is 1. The van der Waals surface area contributed by atoms with Crippen LogP contribution in [0.3, 0.4) is 0 Å². The van der Waals surface area contributed by atoms with E-state index in [2.05, 4.69) is 44.3 Å². The zero-order valence-corrected chi connectivity index (χ0v) is 35.6. The highest BCUT2D eigenvalue weighted by atomic mass is 28.4. The minimum atomic E-state index is -2.01. The normalized spacial score (nSPS) is 15.9. The van der Waals surface area contributed by atoms with Gasteiger partial charge in [0.25, 0.3) is 0 Å². The Morgan fingerprint density at radius 1 is 1.04 bits per heavy atom. The lowest BCUT2D eigenvalue weighted by atomic mass is 10.0. The molecule has 6 rings (SSSR count). The van der Waals surface area contributed by atoms with Crippen LogP contribution < -0.4 is 10.1 Å². The third-order valence-electron chi connectivity index (χ3n) is 10.4. The zero-order chi connectivity index (χ0) is 40.6. The van der Waals surface area contributed by atoms with E-state index in [4.69, 9.17) is 38.6 Å². The molecule has 2 atom stereocenters. The molecule has 0 saturated carbocycles. The van der Waals surface area contributed by atoms with Gasteiger partial charge in [0.1, 0.15) is 17.4 Å². The molecule has 56 heavy (non-hydrogen) atoms. The Morgan fingerprint density at radius 2 is 1.79 bits per heavy atom. The van der Waals surface area contributed by atoms with Gasteiger partial charge in [-0.1, -0.05) is 26.8 Å². The molecule has 1 N–H and O–H groups in total. The molecule has 1 aromatic carbocycles. The second-order valence-corrected chi connectivity index (χ2v) is 21.7. The van der Waals surface area contributed by atoms with Gasteiger partial charge in [-0.25, -0.2) is 23.9 Å². The summed E-state index contributed by atoms with van der Waals surface area (Å²) in [6.45, 7) is 20.0. The summed E-state index contributed by atoms with van der Waals surface area (Å²) in [6, 6.07) is 7.84. The maximum atomic E-state index is 13.3. The maximum absolute atomic E-state index is 13.3. The first kappa shape index (κ1) is 40.8. The standard InChI is InChI=1S/C40H56N8O7Si/c1-25(22-42-38(50)55-39(2,3)4)54-36-30(24-43-46(36)8)27-21-29-33(45-48(35(29)41-23-27)32-14-12-13-18-52-32)26-15-16-31-28(20-26)34(37(49)51-9)47(44-31)17-19-53-56(10,11)40(5,6)7/h15-16,20-21,23-25,32H,12-14,17-19,22H2,1-11H3,(H,42,50)/t25-,32?/m0/s1. The molecule has 302 valence electrons. The van der Waals surface area contributed by atoms with Gasteiger partial charge in [-0.05, 0) is 83.3 Å². The van der Waals surface area contributed by atoms with Crippen LogP contribution in [-0.2, 0) is 32.2 Å². The second-order valence-electron chi connectivity index (χ2n) is 16.9. The molecular weight excluding hydrogens is 733 g/mol. The fourth-order valence-corrected chi connectivity index (χ4v) is 7.43. The van der Waals surface area contributed by atoms with Crippen LogP contribution in [0.15, 0.2) is 36.7 Å². The topological polar surface area (TPSA) is 159 Å². The van der Waals surface area contributed by atoms with E-state index in [1.54, 1.807) is 28.8 Å². The highest BCUT2D eigenvalue weighted by Crippen LogP contribution is 2.39. The van der Waals surface area contributed by atoms with Gasteiger partial charge in [0.05, 0.1) is 44.1 Å². The number of nitrogens with zero attached hydrogens (tertiary/aromatic N) is 7. The number of esters is 1. The van der Waals surface area contributed by atoms with Crippen molar-refractivity contribution in [1.29, 1.82) is 0 Å². The Balaban J connectivity index is 1.37. The predicted octanol–water partition coefficient (Wildman–Crippen LogP) is 7.65. The lowest BCUT2D eigenvalue weighted by Gasteiger charge is -2.36. The quantitative estimate of drug-likeness (QED) is 0.0978. The summed E-state index contributed by atoms with van der Waals surface area (Å²) < 4.78 is 34.8. The van der Waals surface area contributed by atoms with E-state index in [9.17, 15) is 9.59 Å². The molecule has 1 aliphatic heterocycles. The summed E-state index contributed by atoms with van der Waals surface area (Å²) in [5, 5.41) is 18.7. The molecule has 1 amide bonds. The molecule has 16 heteroatoms. The number of ether oxygens (including phenoxy) is 4. The number of nitrogens with one attached hydrogen (secondary N) is 1. The molecule has 1 saturated heterocycles. The predicted molar refractivity (Wildman–Crippen MR) is 216 cm³/mol. The number of aryl methyl sites for hydroxylation is 1. The summed E-state index contributed by atoms with van der Waals surface area (Å²) in [6.07, 6.45) is 5.16. The van der Waals surface area contributed by atoms with Gasteiger partial charge in [-0.3, -0.25) is 4.68 Å². The number of rotatable bonds is 12. The Bertz CT molecular complexity index is 2210. The molecule has 0 spiro atoms. The first-order chi connectivity index (χ1) is 26.4. The van der Waals surface area contributed by atoms with Gasteiger partial charge in [-0.15, -0.1) is 0 Å². The van der Waals surface area contributed by atoms with Crippen LogP contribution in [-0.4, -0.2) is 93.3 Å². The summed E-state index contributed by atoms with van der Waals surface area (Å²) in [5.74, 6) is 0.0369. The van der Waals surface area contributed by atoms with Crippen LogP contribution in [0.4, 0.5) is 4.79 Å². The fourth-order valence-electron chi connectivity index (χ4n) is 6.40. The van der Waals surface area contributed by atoms with Crippen LogP contribution >= 0.6 is 0 Å². The molecule has 1 fully saturated rings. The molecule has 1 unspecified atom stereocenters. The molecule has 5 aromatic rings. The van der Waals surface area contributed by atoms with Crippen molar-refractivity contribution in [3.63, 3.8) is 0 Å². The highest BCUT2D eigenvalue weighted by molar-refractivity contribution is 6.74. The zero-order valence-electron chi connectivity index (χ0n) is 34.6.